The first-order chi connectivity index (χ1) is 9.70. The molecule has 0 amide bonds. The van der Waals surface area contributed by atoms with Gasteiger partial charge in [0.2, 0.25) is 0 Å². The van der Waals surface area contributed by atoms with Crippen LogP contribution in [0.15, 0.2) is 22.7 Å². The summed E-state index contributed by atoms with van der Waals surface area (Å²) < 4.78 is 28.8. The topological polar surface area (TPSA) is 58.9 Å². The SMILES string of the molecule is CC(C)(C)[S@@+]([O-])N[C@@H](C#N)C1(c2ccc(Br)c(F)c2)CC1. The van der Waals surface area contributed by atoms with E-state index in [0.717, 1.165) is 18.4 Å². The zero-order chi connectivity index (χ0) is 15.8. The van der Waals surface area contributed by atoms with E-state index in [9.17, 15) is 14.2 Å². The highest BCUT2D eigenvalue weighted by molar-refractivity contribution is 9.10. The van der Waals surface area contributed by atoms with Gasteiger partial charge in [0, 0.05) is 16.8 Å². The number of hydrogen-bond donors (Lipinski definition) is 1. The Morgan fingerprint density at radius 3 is 2.52 bits per heavy atom. The number of halogens is 2. The van der Waals surface area contributed by atoms with Gasteiger partial charge in [-0.25, -0.2) is 4.39 Å². The van der Waals surface area contributed by atoms with E-state index in [-0.39, 0.29) is 5.82 Å². The molecule has 1 aliphatic carbocycles. The van der Waals surface area contributed by atoms with E-state index in [1.807, 2.05) is 26.8 Å². The van der Waals surface area contributed by atoms with E-state index >= 15 is 0 Å². The number of nitrogens with zero attached hydrogens (tertiary/aromatic N) is 1. The molecule has 2 atom stereocenters. The summed E-state index contributed by atoms with van der Waals surface area (Å²) in [5, 5.41) is 9.45. The lowest BCUT2D eigenvalue weighted by Crippen LogP contribution is -2.48. The van der Waals surface area contributed by atoms with Crippen molar-refractivity contribution >= 4 is 27.3 Å². The van der Waals surface area contributed by atoms with Crippen LogP contribution in [0, 0.1) is 17.1 Å². The summed E-state index contributed by atoms with van der Waals surface area (Å²) in [6.07, 6.45) is 1.58. The molecule has 0 radical (unpaired) electrons. The van der Waals surface area contributed by atoms with Gasteiger partial charge < -0.3 is 4.55 Å². The molecule has 1 fully saturated rings. The summed E-state index contributed by atoms with van der Waals surface area (Å²) in [5.74, 6) is -0.340. The van der Waals surface area contributed by atoms with Gasteiger partial charge in [0.25, 0.3) is 0 Å². The quantitative estimate of drug-likeness (QED) is 0.821. The maximum Gasteiger partial charge on any atom is 0.148 e. The normalized spacial score (nSPS) is 19.7. The third kappa shape index (κ3) is 3.42. The van der Waals surface area contributed by atoms with Crippen molar-refractivity contribution in [2.45, 2.75) is 49.8 Å². The highest BCUT2D eigenvalue weighted by atomic mass is 79.9. The largest absolute Gasteiger partial charge is 0.598 e. The van der Waals surface area contributed by atoms with Crippen molar-refractivity contribution in [3.8, 4) is 6.07 Å². The lowest BCUT2D eigenvalue weighted by Gasteiger charge is -2.29. The fourth-order valence-electron chi connectivity index (χ4n) is 2.23. The van der Waals surface area contributed by atoms with E-state index in [0.29, 0.717) is 4.47 Å². The van der Waals surface area contributed by atoms with Gasteiger partial charge in [-0.05, 0) is 67.2 Å². The van der Waals surface area contributed by atoms with Gasteiger partial charge in [-0.1, -0.05) is 6.07 Å². The summed E-state index contributed by atoms with van der Waals surface area (Å²) in [6.45, 7) is 5.55. The van der Waals surface area contributed by atoms with Crippen molar-refractivity contribution in [2.75, 3.05) is 0 Å². The van der Waals surface area contributed by atoms with Crippen LogP contribution in [-0.2, 0) is 16.8 Å². The minimum atomic E-state index is -1.33. The molecule has 0 unspecified atom stereocenters. The Hall–Kier alpha value is -0.610. The van der Waals surface area contributed by atoms with Crippen molar-refractivity contribution < 1.29 is 8.94 Å². The van der Waals surface area contributed by atoms with Crippen LogP contribution in [0.3, 0.4) is 0 Å². The third-order valence-electron chi connectivity index (χ3n) is 3.75. The zero-order valence-corrected chi connectivity index (χ0v) is 14.6. The second-order valence-electron chi connectivity index (χ2n) is 6.35. The molecular weight excluding hydrogens is 355 g/mol. The fraction of sp³-hybridized carbons (Fsp3) is 0.533. The van der Waals surface area contributed by atoms with Gasteiger partial charge in [0.1, 0.15) is 16.6 Å². The van der Waals surface area contributed by atoms with Gasteiger partial charge in [-0.3, -0.25) is 0 Å². The lowest BCUT2D eigenvalue weighted by atomic mass is 9.89. The molecule has 0 saturated heterocycles. The van der Waals surface area contributed by atoms with Gasteiger partial charge in [-0.2, -0.15) is 5.26 Å². The Labute approximate surface area is 136 Å². The van der Waals surface area contributed by atoms with Crippen molar-refractivity contribution in [1.29, 1.82) is 5.26 Å². The van der Waals surface area contributed by atoms with E-state index in [1.165, 1.54) is 6.07 Å². The predicted molar refractivity (Wildman–Crippen MR) is 85.4 cm³/mol. The van der Waals surface area contributed by atoms with Gasteiger partial charge in [0.05, 0.1) is 10.5 Å². The van der Waals surface area contributed by atoms with E-state index < -0.39 is 27.6 Å². The molecule has 1 N–H and O–H groups in total. The third-order valence-corrected chi connectivity index (χ3v) is 5.95. The van der Waals surface area contributed by atoms with E-state index in [2.05, 4.69) is 26.7 Å². The molecule has 0 bridgehead atoms. The molecule has 114 valence electrons. The maximum absolute atomic E-state index is 13.7. The molecule has 3 nitrogen and oxygen atoms in total. The number of nitrogens with one attached hydrogen (secondary N) is 1. The highest BCUT2D eigenvalue weighted by Crippen LogP contribution is 2.51. The second kappa shape index (κ2) is 5.88. The summed E-state index contributed by atoms with van der Waals surface area (Å²) in [7, 11) is 0. The summed E-state index contributed by atoms with van der Waals surface area (Å²) in [4.78, 5) is 0. The molecule has 1 saturated carbocycles. The lowest BCUT2D eigenvalue weighted by molar-refractivity contribution is 0.505. The van der Waals surface area contributed by atoms with Crippen LogP contribution < -0.4 is 4.72 Å². The molecule has 0 aliphatic heterocycles. The highest BCUT2D eigenvalue weighted by Gasteiger charge is 2.53. The molecule has 0 spiro atoms. The Morgan fingerprint density at radius 1 is 1.48 bits per heavy atom. The number of nitriles is 1. The number of hydrogen-bond acceptors (Lipinski definition) is 3. The first-order valence-electron chi connectivity index (χ1n) is 6.74. The Morgan fingerprint density at radius 2 is 2.10 bits per heavy atom. The van der Waals surface area contributed by atoms with Crippen molar-refractivity contribution in [3.05, 3.63) is 34.1 Å². The average Bonchev–Trinajstić information content (AvgIpc) is 3.19. The number of rotatable bonds is 4. The minimum absolute atomic E-state index is 0.340. The Balaban J connectivity index is 2.25. The van der Waals surface area contributed by atoms with Crippen LogP contribution in [0.1, 0.15) is 39.2 Å². The van der Waals surface area contributed by atoms with Crippen LogP contribution in [0.25, 0.3) is 0 Å². The molecule has 2 rings (SSSR count). The monoisotopic (exact) mass is 372 g/mol. The van der Waals surface area contributed by atoms with Crippen LogP contribution >= 0.6 is 15.9 Å². The first kappa shape index (κ1) is 16.8. The molecule has 6 heteroatoms. The molecule has 1 aliphatic rings. The number of benzene rings is 1. The molecule has 0 heterocycles. The Bertz CT molecular complexity index is 578. The first-order valence-corrected chi connectivity index (χ1v) is 8.68. The van der Waals surface area contributed by atoms with Crippen LogP contribution in [0.5, 0.6) is 0 Å². The smallest absolute Gasteiger partial charge is 0.148 e. The van der Waals surface area contributed by atoms with Gasteiger partial charge in [0.15, 0.2) is 0 Å². The summed E-state index contributed by atoms with van der Waals surface area (Å²) in [5.41, 5.74) is 0.352. The zero-order valence-electron chi connectivity index (χ0n) is 12.2. The molecule has 1 aromatic carbocycles. The minimum Gasteiger partial charge on any atom is -0.598 e. The average molecular weight is 373 g/mol. The predicted octanol–water partition coefficient (Wildman–Crippen LogP) is 3.56. The van der Waals surface area contributed by atoms with Crippen LogP contribution in [0.4, 0.5) is 4.39 Å². The Kier molecular flexibility index (Phi) is 4.69. The fourth-order valence-corrected chi connectivity index (χ4v) is 3.32. The van der Waals surface area contributed by atoms with Crippen molar-refractivity contribution in [1.82, 2.24) is 4.72 Å². The molecule has 0 aromatic heterocycles. The standard InChI is InChI=1S/C15H18BrFN2OS/c1-14(2,3)21(20)19-13(9-18)15(6-7-15)10-4-5-11(16)12(17)8-10/h4-5,8,13,19H,6-7H2,1-3H3/t13-,21+/m0/s1. The van der Waals surface area contributed by atoms with Gasteiger partial charge >= 0.3 is 0 Å². The van der Waals surface area contributed by atoms with Crippen LogP contribution in [-0.4, -0.2) is 15.3 Å². The molecule has 1 aromatic rings. The van der Waals surface area contributed by atoms with Gasteiger partial charge in [-0.15, -0.1) is 4.72 Å². The maximum atomic E-state index is 13.7. The van der Waals surface area contributed by atoms with E-state index in [4.69, 9.17) is 0 Å². The van der Waals surface area contributed by atoms with Crippen LogP contribution in [0.2, 0.25) is 0 Å². The second-order valence-corrected chi connectivity index (χ2v) is 9.20. The van der Waals surface area contributed by atoms with Crippen molar-refractivity contribution in [3.63, 3.8) is 0 Å². The summed E-state index contributed by atoms with van der Waals surface area (Å²) >= 11 is 1.80. The van der Waals surface area contributed by atoms with E-state index in [1.54, 1.807) is 6.07 Å². The molecule has 21 heavy (non-hydrogen) atoms. The molecular formula is C15H18BrFN2OS. The van der Waals surface area contributed by atoms with Crippen molar-refractivity contribution in [2.24, 2.45) is 0 Å². The summed E-state index contributed by atoms with van der Waals surface area (Å²) in [6, 6.07) is 6.56.